The second kappa shape index (κ2) is 8.83. The van der Waals surface area contributed by atoms with Gasteiger partial charge in [0.05, 0.1) is 17.3 Å². The number of thiazole rings is 1. The summed E-state index contributed by atoms with van der Waals surface area (Å²) in [5.41, 5.74) is 8.04. The molecule has 0 spiro atoms. The molecule has 0 bridgehead atoms. The van der Waals surface area contributed by atoms with Crippen LogP contribution in [0.2, 0.25) is 4.34 Å². The molecule has 1 aromatic carbocycles. The van der Waals surface area contributed by atoms with Crippen LogP contribution in [-0.2, 0) is 6.42 Å². The summed E-state index contributed by atoms with van der Waals surface area (Å²) >= 11 is 8.45. The van der Waals surface area contributed by atoms with Gasteiger partial charge in [-0.1, -0.05) is 41.1 Å². The van der Waals surface area contributed by atoms with E-state index in [0.717, 1.165) is 15.3 Å². The summed E-state index contributed by atoms with van der Waals surface area (Å²) < 4.78 is 0.490. The molecule has 9 heteroatoms. The molecule has 0 atom stereocenters. The maximum atomic E-state index is 12.6. The third-order valence-corrected chi connectivity index (χ3v) is 6.24. The van der Waals surface area contributed by atoms with E-state index >= 15 is 0 Å². The van der Waals surface area contributed by atoms with Crippen molar-refractivity contribution in [3.05, 3.63) is 56.4 Å². The van der Waals surface area contributed by atoms with Crippen molar-refractivity contribution in [1.29, 1.82) is 0 Å². The highest BCUT2D eigenvalue weighted by atomic mass is 35.5. The Labute approximate surface area is 175 Å². The van der Waals surface area contributed by atoms with Gasteiger partial charge in [0.1, 0.15) is 4.34 Å². The van der Waals surface area contributed by atoms with Gasteiger partial charge >= 0.3 is 0 Å². The molecule has 0 aliphatic rings. The zero-order chi connectivity index (χ0) is 20.3. The molecule has 4 N–H and O–H groups in total. The highest BCUT2D eigenvalue weighted by Crippen LogP contribution is 2.35. The van der Waals surface area contributed by atoms with E-state index in [9.17, 15) is 9.59 Å². The Hall–Kier alpha value is -2.26. The van der Waals surface area contributed by atoms with Crippen LogP contribution in [0, 0.1) is 6.92 Å². The SMILES string of the molecule is Cc1sc(-c2cccc(CCCO)c2C(N)=O)cc1C(=O)Nc1ncc(Cl)s1. The Morgan fingerprint density at radius 2 is 2.11 bits per heavy atom. The number of thiophene rings is 1. The van der Waals surface area contributed by atoms with Gasteiger partial charge in [-0.15, -0.1) is 11.3 Å². The van der Waals surface area contributed by atoms with Gasteiger partial charge in [0, 0.05) is 21.9 Å². The molecule has 0 unspecified atom stereocenters. The molecule has 0 radical (unpaired) electrons. The van der Waals surface area contributed by atoms with Crippen LogP contribution in [-0.4, -0.2) is 28.5 Å². The van der Waals surface area contributed by atoms with Crippen molar-refractivity contribution in [2.24, 2.45) is 5.73 Å². The molecule has 28 heavy (non-hydrogen) atoms. The van der Waals surface area contributed by atoms with Crippen molar-refractivity contribution < 1.29 is 14.7 Å². The molecule has 2 heterocycles. The van der Waals surface area contributed by atoms with Crippen molar-refractivity contribution in [2.45, 2.75) is 19.8 Å². The summed E-state index contributed by atoms with van der Waals surface area (Å²) in [6.45, 7) is 1.88. The Morgan fingerprint density at radius 3 is 2.75 bits per heavy atom. The first kappa shape index (κ1) is 20.5. The molecule has 3 aromatic rings. The molecule has 2 amide bonds. The van der Waals surface area contributed by atoms with E-state index < -0.39 is 5.91 Å². The van der Waals surface area contributed by atoms with Crippen molar-refractivity contribution in [3.8, 4) is 10.4 Å². The first-order valence-electron chi connectivity index (χ1n) is 8.46. The highest BCUT2D eigenvalue weighted by Gasteiger charge is 2.20. The number of nitrogens with one attached hydrogen (secondary N) is 1. The first-order chi connectivity index (χ1) is 13.4. The topological polar surface area (TPSA) is 105 Å². The van der Waals surface area contributed by atoms with Crippen molar-refractivity contribution >= 4 is 51.2 Å². The predicted octanol–water partition coefficient (Wildman–Crippen LogP) is 4.11. The third kappa shape index (κ3) is 4.41. The zero-order valence-corrected chi connectivity index (χ0v) is 17.4. The summed E-state index contributed by atoms with van der Waals surface area (Å²) in [4.78, 5) is 30.3. The Kier molecular flexibility index (Phi) is 6.46. The molecule has 2 aromatic heterocycles. The first-order valence-corrected chi connectivity index (χ1v) is 10.5. The van der Waals surface area contributed by atoms with Crippen LogP contribution in [0.4, 0.5) is 5.13 Å². The smallest absolute Gasteiger partial charge is 0.258 e. The van der Waals surface area contributed by atoms with E-state index in [4.69, 9.17) is 22.4 Å². The number of hydrogen-bond donors (Lipinski definition) is 3. The normalized spacial score (nSPS) is 10.8. The third-order valence-electron chi connectivity index (χ3n) is 4.13. The van der Waals surface area contributed by atoms with E-state index in [1.165, 1.54) is 28.9 Å². The summed E-state index contributed by atoms with van der Waals surface area (Å²) in [5.74, 6) is -0.818. The number of halogens is 1. The second-order valence-electron chi connectivity index (χ2n) is 6.04. The minimum atomic E-state index is -0.530. The number of aryl methyl sites for hydroxylation is 2. The minimum absolute atomic E-state index is 0.0334. The Balaban J connectivity index is 1.96. The lowest BCUT2D eigenvalue weighted by atomic mass is 9.96. The number of aromatic nitrogens is 1. The maximum absolute atomic E-state index is 12.6. The molecular weight excluding hydrogens is 418 g/mol. The van der Waals surface area contributed by atoms with Gasteiger partial charge in [-0.25, -0.2) is 4.98 Å². The highest BCUT2D eigenvalue weighted by molar-refractivity contribution is 7.19. The summed E-state index contributed by atoms with van der Waals surface area (Å²) in [7, 11) is 0. The fourth-order valence-corrected chi connectivity index (χ4v) is 4.75. The molecular formula is C19H18ClN3O3S2. The number of amides is 2. The van der Waals surface area contributed by atoms with Crippen LogP contribution in [0.15, 0.2) is 30.5 Å². The average Bonchev–Trinajstić information content (AvgIpc) is 3.24. The van der Waals surface area contributed by atoms with Crippen molar-refractivity contribution in [1.82, 2.24) is 4.98 Å². The van der Waals surface area contributed by atoms with Crippen LogP contribution in [0.5, 0.6) is 0 Å². The number of aliphatic hydroxyl groups is 1. The molecule has 0 fully saturated rings. The number of benzene rings is 1. The lowest BCUT2D eigenvalue weighted by Crippen LogP contribution is -2.15. The number of aliphatic hydroxyl groups excluding tert-OH is 1. The van der Waals surface area contributed by atoms with Gasteiger partial charge in [0.2, 0.25) is 5.91 Å². The van der Waals surface area contributed by atoms with Crippen molar-refractivity contribution in [2.75, 3.05) is 11.9 Å². The molecule has 0 saturated carbocycles. The largest absolute Gasteiger partial charge is 0.396 e. The van der Waals surface area contributed by atoms with Gasteiger partial charge in [-0.2, -0.15) is 0 Å². The van der Waals surface area contributed by atoms with Crippen LogP contribution in [0.25, 0.3) is 10.4 Å². The summed E-state index contributed by atoms with van der Waals surface area (Å²) in [5, 5.41) is 12.3. The van der Waals surface area contributed by atoms with E-state index in [1.807, 2.05) is 25.1 Å². The lowest BCUT2D eigenvalue weighted by Gasteiger charge is -2.11. The Morgan fingerprint density at radius 1 is 1.32 bits per heavy atom. The van der Waals surface area contributed by atoms with Crippen LogP contribution >= 0.6 is 34.3 Å². The summed E-state index contributed by atoms with van der Waals surface area (Å²) in [6, 6.07) is 7.25. The van der Waals surface area contributed by atoms with Crippen LogP contribution in [0.1, 0.15) is 37.6 Å². The molecule has 146 valence electrons. The second-order valence-corrected chi connectivity index (χ2v) is 8.95. The van der Waals surface area contributed by atoms with E-state index in [1.54, 1.807) is 6.07 Å². The molecule has 0 aliphatic heterocycles. The standard InChI is InChI=1S/C19H18ClN3O3S2/c1-10-13(18(26)23-19-22-9-15(20)28-19)8-14(27-10)12-6-2-4-11(5-3-7-24)16(12)17(21)25/h2,4,6,8-9,24H,3,5,7H2,1H3,(H2,21,25)(H,22,23,26). The quantitative estimate of drug-likeness (QED) is 0.519. The fraction of sp³-hybridized carbons (Fsp3) is 0.211. The number of carbonyl (C=O) groups excluding carboxylic acids is 2. The molecule has 6 nitrogen and oxygen atoms in total. The zero-order valence-electron chi connectivity index (χ0n) is 15.0. The maximum Gasteiger partial charge on any atom is 0.258 e. The average molecular weight is 436 g/mol. The van der Waals surface area contributed by atoms with Gasteiger partial charge in [-0.05, 0) is 31.4 Å². The number of nitrogens with two attached hydrogens (primary N) is 1. The van der Waals surface area contributed by atoms with Crippen LogP contribution in [0.3, 0.4) is 0 Å². The van der Waals surface area contributed by atoms with Gasteiger partial charge < -0.3 is 10.8 Å². The Bertz CT molecular complexity index is 1030. The van der Waals surface area contributed by atoms with Gasteiger partial charge in [-0.3, -0.25) is 14.9 Å². The van der Waals surface area contributed by atoms with Gasteiger partial charge in [0.25, 0.3) is 5.91 Å². The number of anilines is 1. The number of rotatable bonds is 7. The monoisotopic (exact) mass is 435 g/mol. The van der Waals surface area contributed by atoms with Crippen molar-refractivity contribution in [3.63, 3.8) is 0 Å². The number of carbonyl (C=O) groups is 2. The number of primary amides is 1. The van der Waals surface area contributed by atoms with E-state index in [-0.39, 0.29) is 12.5 Å². The molecule has 0 aliphatic carbocycles. The van der Waals surface area contributed by atoms with Crippen LogP contribution < -0.4 is 11.1 Å². The molecule has 0 saturated heterocycles. The number of hydrogen-bond acceptors (Lipinski definition) is 6. The van der Waals surface area contributed by atoms with Gasteiger partial charge in [0.15, 0.2) is 5.13 Å². The lowest BCUT2D eigenvalue weighted by molar-refractivity contribution is 0.0997. The summed E-state index contributed by atoms with van der Waals surface area (Å²) in [6.07, 6.45) is 2.56. The van der Waals surface area contributed by atoms with E-state index in [0.29, 0.717) is 39.0 Å². The molecule has 3 rings (SSSR count). The minimum Gasteiger partial charge on any atom is -0.396 e. The van der Waals surface area contributed by atoms with E-state index in [2.05, 4.69) is 10.3 Å². The number of nitrogens with zero attached hydrogens (tertiary/aromatic N) is 1. The fourth-order valence-electron chi connectivity index (χ4n) is 2.89. The predicted molar refractivity (Wildman–Crippen MR) is 113 cm³/mol.